The van der Waals surface area contributed by atoms with Crippen LogP contribution in [-0.4, -0.2) is 19.6 Å². The zero-order valence-electron chi connectivity index (χ0n) is 46.7. The number of aromatic nitrogens is 3. The summed E-state index contributed by atoms with van der Waals surface area (Å²) in [5.74, 6) is -0.745. The molecule has 8 aromatic carbocycles. The fourth-order valence-corrected chi connectivity index (χ4v) is 11.4. The molecular weight excluding hydrogens is 899 g/mol. The molecule has 0 bridgehead atoms. The summed E-state index contributed by atoms with van der Waals surface area (Å²) in [5.41, 5.74) is 16.2. The largest absolute Gasteiger partial charge is 0.507 e. The molecule has 2 aliphatic carbocycles. The number of para-hydroxylation sites is 1. The van der Waals surface area contributed by atoms with Gasteiger partial charge < -0.3 is 5.11 Å². The maximum atomic E-state index is 11.9. The van der Waals surface area contributed by atoms with E-state index in [1.807, 2.05) is 66.9 Å². The Hall–Kier alpha value is -7.82. The van der Waals surface area contributed by atoms with Gasteiger partial charge in [0.1, 0.15) is 11.6 Å². The van der Waals surface area contributed by atoms with Crippen LogP contribution >= 0.6 is 0 Å². The van der Waals surface area contributed by atoms with Crippen LogP contribution < -0.4 is 0 Å². The van der Waals surface area contributed by atoms with Crippen molar-refractivity contribution in [2.24, 2.45) is 5.92 Å². The van der Waals surface area contributed by atoms with Crippen LogP contribution in [0.2, 0.25) is 0 Å². The number of fused-ring (bicyclic) bond motifs is 1. The summed E-state index contributed by atoms with van der Waals surface area (Å²) < 4.78 is 40.0. The van der Waals surface area contributed by atoms with Gasteiger partial charge in [0.05, 0.1) is 28.0 Å². The molecule has 2 heterocycles. The molecule has 10 aromatic rings. The summed E-state index contributed by atoms with van der Waals surface area (Å²) in [6.45, 7) is 6.52. The first-order valence-corrected chi connectivity index (χ1v) is 26.5. The highest BCUT2D eigenvalue weighted by atomic mass is 16.3. The van der Waals surface area contributed by atoms with E-state index in [-0.39, 0.29) is 17.1 Å². The van der Waals surface area contributed by atoms with Crippen LogP contribution in [0.25, 0.3) is 83.9 Å². The quantitative estimate of drug-likeness (QED) is 0.141. The standard InChI is InChI=1S/C70H65N3O/c1-70(2,3)60-35-37-67(74)63(46-60)69-72-68-61(24-15-25-66(68)73(69)65-36-26-48(40-47-16-13-14-17-47)41-62(65)55-22-11-6-12-23-55)58-42-57(50-20-9-5-10-21-50)43-59(44-58)64-45-56(38-39-71-64)54-33-31-53(32-34-54)52-29-27-51(28-30-52)49-18-7-4-8-19-49/h4-12,15,18-26,31-39,41-47,51-52,74H,13-14,16-17,27-30,40H2,1-3H3/i40D2,51D,52D. The molecule has 0 aliphatic heterocycles. The lowest BCUT2D eigenvalue weighted by Crippen LogP contribution is -2.12. The Morgan fingerprint density at radius 2 is 1.16 bits per heavy atom. The number of nitrogens with zero attached hydrogens (tertiary/aromatic N) is 3. The normalized spacial score (nSPS) is 19.2. The average molecular weight is 968 g/mol. The SMILES string of the molecule is [2H]C1(c2ccccc2)CCC([2H])(c2ccc(-c3ccnc(-c4cc(-c5ccccc5)cc(-c5cccc6c5nc(-c5cc(C(C)(C)C)ccc5O)n6-c5ccc(C([2H])([2H])C6CCCC6)cc5-c5ccccc5)c4)c3)cc2)CC1. The fraction of sp³-hybridized carbons (Fsp3) is 0.229. The first-order chi connectivity index (χ1) is 37.6. The lowest BCUT2D eigenvalue weighted by Gasteiger charge is -2.29. The van der Waals surface area contributed by atoms with Crippen LogP contribution in [0, 0.1) is 5.92 Å². The van der Waals surface area contributed by atoms with Gasteiger partial charge >= 0.3 is 0 Å². The van der Waals surface area contributed by atoms with E-state index < -0.39 is 18.2 Å². The van der Waals surface area contributed by atoms with Gasteiger partial charge in [0.25, 0.3) is 0 Å². The van der Waals surface area contributed by atoms with Crippen molar-refractivity contribution >= 4 is 11.0 Å². The van der Waals surface area contributed by atoms with Crippen LogP contribution in [0.15, 0.2) is 206 Å². The molecule has 4 heteroatoms. The maximum absolute atomic E-state index is 11.9. The van der Waals surface area contributed by atoms with E-state index in [1.54, 1.807) is 6.07 Å². The predicted molar refractivity (Wildman–Crippen MR) is 308 cm³/mol. The number of phenolic OH excluding ortho intramolecular Hbond substituents is 1. The van der Waals surface area contributed by atoms with Crippen molar-refractivity contribution in [3.8, 4) is 78.6 Å². The molecular formula is C70H65N3O. The lowest BCUT2D eigenvalue weighted by molar-refractivity contribution is 0.396. The number of pyridine rings is 1. The van der Waals surface area contributed by atoms with Crippen molar-refractivity contribution in [1.29, 1.82) is 0 Å². The zero-order valence-corrected chi connectivity index (χ0v) is 42.7. The van der Waals surface area contributed by atoms with E-state index in [1.165, 1.54) is 0 Å². The highest BCUT2D eigenvalue weighted by molar-refractivity contribution is 5.98. The fourth-order valence-electron chi connectivity index (χ4n) is 11.4. The molecule has 12 rings (SSSR count). The second-order valence-electron chi connectivity index (χ2n) is 21.4. The van der Waals surface area contributed by atoms with Gasteiger partial charge in [-0.1, -0.05) is 186 Å². The minimum atomic E-state index is -1.51. The van der Waals surface area contributed by atoms with Crippen LogP contribution in [0.5, 0.6) is 5.75 Å². The molecule has 2 aromatic heterocycles. The number of imidazole rings is 1. The number of hydrogen-bond acceptors (Lipinski definition) is 3. The number of aromatic hydroxyl groups is 1. The second kappa shape index (κ2) is 20.2. The van der Waals surface area contributed by atoms with Gasteiger partial charge in [0.2, 0.25) is 0 Å². The zero-order chi connectivity index (χ0) is 53.8. The number of hydrogen-bond donors (Lipinski definition) is 1. The van der Waals surface area contributed by atoms with Crippen LogP contribution in [-0.2, 0) is 11.8 Å². The van der Waals surface area contributed by atoms with E-state index in [4.69, 9.17) is 9.97 Å². The molecule has 2 fully saturated rings. The number of rotatable bonds is 11. The summed E-state index contributed by atoms with van der Waals surface area (Å²) in [6, 6.07) is 68.3. The minimum absolute atomic E-state index is 0.0477. The highest BCUT2D eigenvalue weighted by Gasteiger charge is 2.27. The smallest absolute Gasteiger partial charge is 0.149 e. The Labute approximate surface area is 443 Å². The Bertz CT molecular complexity index is 3800. The Morgan fingerprint density at radius 1 is 0.527 bits per heavy atom. The van der Waals surface area contributed by atoms with Crippen molar-refractivity contribution in [2.45, 2.75) is 95.7 Å². The third-order valence-corrected chi connectivity index (χ3v) is 15.5. The van der Waals surface area contributed by atoms with E-state index in [0.717, 1.165) is 115 Å². The molecule has 1 N–H and O–H groups in total. The maximum Gasteiger partial charge on any atom is 0.149 e. The first kappa shape index (κ1) is 42.7. The van der Waals surface area contributed by atoms with E-state index in [2.05, 4.69) is 159 Å². The minimum Gasteiger partial charge on any atom is -0.507 e. The molecule has 0 spiro atoms. The molecule has 0 radical (unpaired) electrons. The Morgan fingerprint density at radius 3 is 1.86 bits per heavy atom. The molecule has 74 heavy (non-hydrogen) atoms. The first-order valence-electron chi connectivity index (χ1n) is 28.5. The van der Waals surface area contributed by atoms with Gasteiger partial charge in [-0.3, -0.25) is 9.55 Å². The summed E-state index contributed by atoms with van der Waals surface area (Å²) in [7, 11) is 0. The van der Waals surface area contributed by atoms with Gasteiger partial charge in [0.15, 0.2) is 0 Å². The van der Waals surface area contributed by atoms with Crippen molar-refractivity contribution in [1.82, 2.24) is 14.5 Å². The topological polar surface area (TPSA) is 50.9 Å². The summed E-state index contributed by atoms with van der Waals surface area (Å²) >= 11 is 0. The Balaban J connectivity index is 0.985. The average Bonchev–Trinajstić information content (AvgIpc) is 4.18. The van der Waals surface area contributed by atoms with Gasteiger partial charge in [-0.25, -0.2) is 4.98 Å². The lowest BCUT2D eigenvalue weighted by atomic mass is 9.76. The molecule has 0 saturated heterocycles. The summed E-state index contributed by atoms with van der Waals surface area (Å²) in [6.07, 6.45) is 6.78. The van der Waals surface area contributed by atoms with Gasteiger partial charge in [-0.05, 0) is 171 Å². The summed E-state index contributed by atoms with van der Waals surface area (Å²) in [4.78, 5) is 10.6. The third-order valence-electron chi connectivity index (χ3n) is 15.5. The molecule has 2 aliphatic rings. The second-order valence-corrected chi connectivity index (χ2v) is 21.4. The van der Waals surface area contributed by atoms with Crippen LogP contribution in [0.4, 0.5) is 0 Å². The molecule has 2 saturated carbocycles. The van der Waals surface area contributed by atoms with Crippen LogP contribution in [0.3, 0.4) is 0 Å². The third kappa shape index (κ3) is 9.62. The van der Waals surface area contributed by atoms with E-state index >= 15 is 0 Å². The van der Waals surface area contributed by atoms with Crippen molar-refractivity contribution in [3.05, 3.63) is 229 Å². The van der Waals surface area contributed by atoms with Crippen molar-refractivity contribution in [3.63, 3.8) is 0 Å². The molecule has 0 atom stereocenters. The molecule has 0 unspecified atom stereocenters. The number of phenols is 1. The van der Waals surface area contributed by atoms with Crippen LogP contribution in [0.1, 0.15) is 112 Å². The monoisotopic (exact) mass is 968 g/mol. The molecule has 0 amide bonds. The predicted octanol–water partition coefficient (Wildman–Crippen LogP) is 18.6. The van der Waals surface area contributed by atoms with E-state index in [9.17, 15) is 10.6 Å². The van der Waals surface area contributed by atoms with Crippen molar-refractivity contribution in [2.75, 3.05) is 0 Å². The van der Waals surface area contributed by atoms with Gasteiger partial charge in [0, 0.05) is 28.4 Å². The van der Waals surface area contributed by atoms with E-state index in [0.29, 0.717) is 42.6 Å². The molecule has 366 valence electrons. The Kier molecular flexibility index (Phi) is 11.7. The molecule has 4 nitrogen and oxygen atoms in total. The van der Waals surface area contributed by atoms with Gasteiger partial charge in [-0.2, -0.15) is 0 Å². The summed E-state index contributed by atoms with van der Waals surface area (Å²) in [5, 5.41) is 11.9. The van der Waals surface area contributed by atoms with Crippen molar-refractivity contribution < 1.29 is 10.6 Å². The van der Waals surface area contributed by atoms with Gasteiger partial charge in [-0.15, -0.1) is 0 Å². The highest BCUT2D eigenvalue weighted by Crippen LogP contribution is 2.45. The number of benzene rings is 8.